The van der Waals surface area contributed by atoms with Gasteiger partial charge in [-0.15, -0.1) is 22.7 Å². The summed E-state index contributed by atoms with van der Waals surface area (Å²) in [5.74, 6) is 0. The van der Waals surface area contributed by atoms with E-state index < -0.39 is 0 Å². The van der Waals surface area contributed by atoms with Crippen LogP contribution in [0, 0.1) is 0 Å². The monoisotopic (exact) mass is 407 g/mol. The third-order valence-electron chi connectivity index (χ3n) is 4.78. The summed E-state index contributed by atoms with van der Waals surface area (Å²) in [6.45, 7) is 0.729. The van der Waals surface area contributed by atoms with E-state index >= 15 is 0 Å². The fraction of sp³-hybridized carbons (Fsp3) is 0.200. The summed E-state index contributed by atoms with van der Waals surface area (Å²) >= 11 is 3.09. The maximum Gasteiger partial charge on any atom is 0.324 e. The van der Waals surface area contributed by atoms with Crippen molar-refractivity contribution in [1.82, 2.24) is 19.9 Å². The lowest BCUT2D eigenvalue weighted by Gasteiger charge is -2.22. The molecule has 140 valence electrons. The van der Waals surface area contributed by atoms with Gasteiger partial charge in [-0.3, -0.25) is 10.3 Å². The second-order valence-electron chi connectivity index (χ2n) is 6.58. The molecule has 3 aromatic heterocycles. The number of rotatable bonds is 3. The number of urea groups is 1. The minimum Gasteiger partial charge on any atom is -0.315 e. The van der Waals surface area contributed by atoms with Crippen molar-refractivity contribution in [2.45, 2.75) is 18.9 Å². The zero-order valence-corrected chi connectivity index (χ0v) is 16.5. The molecule has 1 saturated heterocycles. The van der Waals surface area contributed by atoms with Gasteiger partial charge in [-0.05, 0) is 37.1 Å². The Morgan fingerprint density at radius 1 is 1.18 bits per heavy atom. The molecule has 6 nitrogen and oxygen atoms in total. The average Bonchev–Trinajstić information content (AvgIpc) is 3.47. The molecule has 1 fully saturated rings. The van der Waals surface area contributed by atoms with Crippen LogP contribution in [-0.2, 0) is 0 Å². The van der Waals surface area contributed by atoms with E-state index in [1.165, 1.54) is 11.3 Å². The number of aromatic nitrogens is 3. The van der Waals surface area contributed by atoms with Gasteiger partial charge in [0.15, 0.2) is 5.13 Å². The quantitative estimate of drug-likeness (QED) is 0.508. The summed E-state index contributed by atoms with van der Waals surface area (Å²) in [5.41, 5.74) is 2.75. The molecule has 0 bridgehead atoms. The Bertz CT molecular complexity index is 1090. The highest BCUT2D eigenvalue weighted by Gasteiger charge is 2.32. The lowest BCUT2D eigenvalue weighted by molar-refractivity contribution is 0.207. The summed E-state index contributed by atoms with van der Waals surface area (Å²) < 4.78 is 1.16. The molecular formula is C20H17N5OS2. The first-order valence-corrected chi connectivity index (χ1v) is 10.8. The van der Waals surface area contributed by atoms with E-state index in [2.05, 4.69) is 21.4 Å². The van der Waals surface area contributed by atoms with Crippen LogP contribution < -0.4 is 5.32 Å². The van der Waals surface area contributed by atoms with Crippen LogP contribution >= 0.6 is 22.7 Å². The third kappa shape index (κ3) is 3.25. The van der Waals surface area contributed by atoms with Gasteiger partial charge in [0.2, 0.25) is 0 Å². The van der Waals surface area contributed by atoms with Gasteiger partial charge in [0.25, 0.3) is 0 Å². The largest absolute Gasteiger partial charge is 0.324 e. The highest BCUT2D eigenvalue weighted by molar-refractivity contribution is 7.18. The van der Waals surface area contributed by atoms with E-state index in [4.69, 9.17) is 4.98 Å². The van der Waals surface area contributed by atoms with E-state index in [1.807, 2.05) is 40.6 Å². The highest BCUT2D eigenvalue weighted by atomic mass is 32.1. The number of nitrogens with zero attached hydrogens (tertiary/aromatic N) is 4. The minimum absolute atomic E-state index is 0.0233. The van der Waals surface area contributed by atoms with E-state index in [9.17, 15) is 4.79 Å². The van der Waals surface area contributed by atoms with Gasteiger partial charge in [0.1, 0.15) is 5.01 Å². The molecular weight excluding hydrogens is 390 g/mol. The molecule has 4 heterocycles. The van der Waals surface area contributed by atoms with Crippen molar-refractivity contribution in [3.63, 3.8) is 0 Å². The Morgan fingerprint density at radius 3 is 2.96 bits per heavy atom. The van der Waals surface area contributed by atoms with E-state index in [-0.39, 0.29) is 12.1 Å². The van der Waals surface area contributed by atoms with Crippen LogP contribution in [-0.4, -0.2) is 32.4 Å². The molecule has 4 aromatic rings. The number of pyridine rings is 1. The fourth-order valence-corrected chi connectivity index (χ4v) is 5.27. The summed E-state index contributed by atoms with van der Waals surface area (Å²) in [5, 5.41) is 6.49. The molecule has 0 aliphatic carbocycles. The Morgan fingerprint density at radius 2 is 2.11 bits per heavy atom. The van der Waals surface area contributed by atoms with Crippen molar-refractivity contribution < 1.29 is 4.79 Å². The molecule has 2 amide bonds. The SMILES string of the molecule is O=C(Nc1nc(-c2cccnc2)cs1)N1CCCC1c1nc2ccccc2s1. The molecule has 1 aromatic carbocycles. The molecule has 0 spiro atoms. The fourth-order valence-electron chi connectivity index (χ4n) is 3.44. The molecule has 5 rings (SSSR count). The second kappa shape index (κ2) is 7.29. The number of hydrogen-bond acceptors (Lipinski definition) is 6. The average molecular weight is 408 g/mol. The van der Waals surface area contributed by atoms with Gasteiger partial charge in [0.05, 0.1) is 22.0 Å². The second-order valence-corrected chi connectivity index (χ2v) is 8.50. The van der Waals surface area contributed by atoms with Gasteiger partial charge in [-0.25, -0.2) is 14.8 Å². The zero-order chi connectivity index (χ0) is 18.9. The van der Waals surface area contributed by atoms with Crippen molar-refractivity contribution in [1.29, 1.82) is 0 Å². The molecule has 0 radical (unpaired) electrons. The lowest BCUT2D eigenvalue weighted by Crippen LogP contribution is -2.34. The van der Waals surface area contributed by atoms with E-state index in [1.54, 1.807) is 23.7 Å². The molecule has 1 aliphatic heterocycles. The molecule has 0 saturated carbocycles. The van der Waals surface area contributed by atoms with Gasteiger partial charge in [-0.1, -0.05) is 12.1 Å². The van der Waals surface area contributed by atoms with Crippen molar-refractivity contribution in [2.24, 2.45) is 0 Å². The smallest absolute Gasteiger partial charge is 0.315 e. The molecule has 28 heavy (non-hydrogen) atoms. The number of benzene rings is 1. The predicted molar refractivity (Wildman–Crippen MR) is 113 cm³/mol. The first-order valence-electron chi connectivity index (χ1n) is 9.07. The topological polar surface area (TPSA) is 71.0 Å². The van der Waals surface area contributed by atoms with Gasteiger partial charge in [-0.2, -0.15) is 0 Å². The third-order valence-corrected chi connectivity index (χ3v) is 6.68. The minimum atomic E-state index is -0.117. The predicted octanol–water partition coefficient (Wildman–Crippen LogP) is 5.18. The van der Waals surface area contributed by atoms with Crippen LogP contribution in [0.3, 0.4) is 0 Å². The van der Waals surface area contributed by atoms with Gasteiger partial charge in [0, 0.05) is 29.9 Å². The number of para-hydroxylation sites is 1. The zero-order valence-electron chi connectivity index (χ0n) is 14.9. The summed E-state index contributed by atoms with van der Waals surface area (Å²) in [7, 11) is 0. The highest BCUT2D eigenvalue weighted by Crippen LogP contribution is 2.37. The van der Waals surface area contributed by atoms with Gasteiger partial charge < -0.3 is 4.90 Å². The number of hydrogen-bond donors (Lipinski definition) is 1. The van der Waals surface area contributed by atoms with Crippen LogP contribution in [0.25, 0.3) is 21.5 Å². The Balaban J connectivity index is 1.34. The summed E-state index contributed by atoms with van der Waals surface area (Å²) in [6, 6.07) is 11.8. The first-order chi connectivity index (χ1) is 13.8. The standard InChI is InChI=1S/C20H17N5OS2/c26-20(24-19-23-15(12-27-19)13-5-3-9-21-11-13)25-10-4-7-16(25)18-22-14-6-1-2-8-17(14)28-18/h1-3,5-6,8-9,11-12,16H,4,7,10H2,(H,23,24,26). The van der Waals surface area contributed by atoms with Gasteiger partial charge >= 0.3 is 6.03 Å². The maximum absolute atomic E-state index is 12.9. The number of likely N-dealkylation sites (tertiary alicyclic amines) is 1. The van der Waals surface area contributed by atoms with Crippen LogP contribution in [0.2, 0.25) is 0 Å². The molecule has 8 heteroatoms. The van der Waals surface area contributed by atoms with Crippen LogP contribution in [0.1, 0.15) is 23.9 Å². The number of fused-ring (bicyclic) bond motifs is 1. The molecule has 1 aliphatic rings. The first kappa shape index (κ1) is 17.3. The van der Waals surface area contributed by atoms with Crippen molar-refractivity contribution in [3.05, 3.63) is 59.2 Å². The van der Waals surface area contributed by atoms with Crippen molar-refractivity contribution >= 4 is 44.1 Å². The summed E-state index contributed by atoms with van der Waals surface area (Å²) in [6.07, 6.45) is 5.41. The van der Waals surface area contributed by atoms with E-state index in [0.29, 0.717) is 5.13 Å². The lowest BCUT2D eigenvalue weighted by atomic mass is 10.2. The van der Waals surface area contributed by atoms with Crippen molar-refractivity contribution in [3.8, 4) is 11.3 Å². The number of amides is 2. The van der Waals surface area contributed by atoms with Crippen molar-refractivity contribution in [2.75, 3.05) is 11.9 Å². The van der Waals surface area contributed by atoms with Crippen LogP contribution in [0.15, 0.2) is 54.2 Å². The summed E-state index contributed by atoms with van der Waals surface area (Å²) in [4.78, 5) is 28.2. The number of thiazole rings is 2. The Hall–Kier alpha value is -2.84. The van der Waals surface area contributed by atoms with E-state index in [0.717, 1.165) is 45.9 Å². The Kier molecular flexibility index (Phi) is 4.50. The maximum atomic E-state index is 12.9. The number of nitrogens with one attached hydrogen (secondary N) is 1. The number of carbonyl (C=O) groups is 1. The normalized spacial score (nSPS) is 16.6. The van der Waals surface area contributed by atoms with Crippen LogP contribution in [0.5, 0.6) is 0 Å². The molecule has 1 atom stereocenters. The number of anilines is 1. The Labute approximate surface area is 169 Å². The molecule has 1 unspecified atom stereocenters. The number of carbonyl (C=O) groups excluding carboxylic acids is 1. The van der Waals surface area contributed by atoms with Crippen LogP contribution in [0.4, 0.5) is 9.93 Å². The molecule has 1 N–H and O–H groups in total.